The van der Waals surface area contributed by atoms with Crippen LogP contribution in [0.25, 0.3) is 0 Å². The third-order valence-electron chi connectivity index (χ3n) is 5.65. The number of carbonyl (C=O) groups is 2. The van der Waals surface area contributed by atoms with Crippen LogP contribution in [0.15, 0.2) is 23.3 Å². The number of fused-ring (bicyclic) bond motifs is 1. The molecule has 2 aliphatic rings. The van der Waals surface area contributed by atoms with E-state index in [-0.39, 0.29) is 24.7 Å². The predicted octanol–water partition coefficient (Wildman–Crippen LogP) is 0.305. The maximum absolute atomic E-state index is 12.5. The summed E-state index contributed by atoms with van der Waals surface area (Å²) in [6.07, 6.45) is 2.40. The molecule has 0 spiro atoms. The maximum Gasteiger partial charge on any atom is 0.344 e. The molecule has 1 fully saturated rings. The van der Waals surface area contributed by atoms with E-state index in [1.54, 1.807) is 19.9 Å². The molecule has 1 saturated heterocycles. The zero-order valence-corrected chi connectivity index (χ0v) is 17.1. The molecule has 2 heterocycles. The highest BCUT2D eigenvalue weighted by Gasteiger charge is 2.54. The molecular formula is C20H31NO7. The first-order chi connectivity index (χ1) is 12.9. The van der Waals surface area contributed by atoms with Gasteiger partial charge in [-0.05, 0) is 46.6 Å². The second kappa shape index (κ2) is 8.32. The Morgan fingerprint density at radius 1 is 1.39 bits per heavy atom. The molecule has 0 aromatic heterocycles. The molecule has 0 bridgehead atoms. The van der Waals surface area contributed by atoms with Crippen LogP contribution < -0.4 is 0 Å². The number of hydrogen-bond acceptors (Lipinski definition) is 8. The van der Waals surface area contributed by atoms with E-state index in [1.165, 1.54) is 20.8 Å². The van der Waals surface area contributed by atoms with Crippen molar-refractivity contribution in [1.82, 2.24) is 4.90 Å². The van der Waals surface area contributed by atoms with Crippen molar-refractivity contribution in [2.75, 3.05) is 19.7 Å². The molecule has 158 valence electrons. The van der Waals surface area contributed by atoms with Gasteiger partial charge in [-0.15, -0.1) is 0 Å². The van der Waals surface area contributed by atoms with Gasteiger partial charge in [-0.2, -0.15) is 0 Å². The zero-order valence-electron chi connectivity index (χ0n) is 17.1. The standard InChI is InChI=1S/C20H31NO7/c1-6-12(2)17(23)28-15-8-10-21-9-7-14(16(15)21)11-27-18(24)20(26,13(3)22)19(4,5)25/h6-7,13,15-16,22,25-26H,8-11H2,1-5H3/b12-6-/t13?,15-,16-,20?/m1/s1. The van der Waals surface area contributed by atoms with E-state index in [4.69, 9.17) is 9.47 Å². The molecule has 0 aromatic rings. The number of nitrogens with zero attached hydrogens (tertiary/aromatic N) is 1. The minimum Gasteiger partial charge on any atom is -0.459 e. The fraction of sp³-hybridized carbons (Fsp3) is 0.700. The maximum atomic E-state index is 12.5. The van der Waals surface area contributed by atoms with E-state index in [0.717, 1.165) is 12.1 Å². The molecular weight excluding hydrogens is 366 g/mol. The number of aliphatic hydroxyl groups excluding tert-OH is 1. The lowest BCUT2D eigenvalue weighted by Crippen LogP contribution is -2.63. The van der Waals surface area contributed by atoms with E-state index >= 15 is 0 Å². The van der Waals surface area contributed by atoms with E-state index in [2.05, 4.69) is 4.90 Å². The van der Waals surface area contributed by atoms with Crippen LogP contribution >= 0.6 is 0 Å². The van der Waals surface area contributed by atoms with Gasteiger partial charge in [0.15, 0.2) is 0 Å². The Hall–Kier alpha value is -1.74. The Labute approximate surface area is 165 Å². The van der Waals surface area contributed by atoms with Crippen molar-refractivity contribution in [1.29, 1.82) is 0 Å². The van der Waals surface area contributed by atoms with E-state index in [9.17, 15) is 24.9 Å². The molecule has 2 unspecified atom stereocenters. The highest BCUT2D eigenvalue weighted by atomic mass is 16.6. The summed E-state index contributed by atoms with van der Waals surface area (Å²) in [5, 5.41) is 30.5. The lowest BCUT2D eigenvalue weighted by atomic mass is 9.81. The lowest BCUT2D eigenvalue weighted by Gasteiger charge is -2.38. The van der Waals surface area contributed by atoms with Gasteiger partial charge in [-0.3, -0.25) is 4.90 Å². The molecule has 0 aliphatic carbocycles. The van der Waals surface area contributed by atoms with E-state index in [1.807, 2.05) is 6.08 Å². The van der Waals surface area contributed by atoms with Crippen LogP contribution in [-0.2, 0) is 19.1 Å². The Morgan fingerprint density at radius 3 is 2.57 bits per heavy atom. The van der Waals surface area contributed by atoms with Gasteiger partial charge in [-0.1, -0.05) is 12.2 Å². The minimum absolute atomic E-state index is 0.123. The quantitative estimate of drug-likeness (QED) is 0.319. The number of carbonyl (C=O) groups excluding carboxylic acids is 2. The average molecular weight is 397 g/mol. The van der Waals surface area contributed by atoms with E-state index in [0.29, 0.717) is 18.5 Å². The fourth-order valence-corrected chi connectivity index (χ4v) is 3.66. The SMILES string of the molecule is C/C=C(/C)C(=O)O[C@@H]1CCN2CC=C(COC(=O)C(O)(C(C)O)C(C)(C)O)[C@H]12. The van der Waals surface area contributed by atoms with Gasteiger partial charge in [0.2, 0.25) is 5.60 Å². The van der Waals surface area contributed by atoms with E-state index < -0.39 is 23.3 Å². The summed E-state index contributed by atoms with van der Waals surface area (Å²) in [5.74, 6) is -1.48. The molecule has 8 nitrogen and oxygen atoms in total. The summed E-state index contributed by atoms with van der Waals surface area (Å²) >= 11 is 0. The first-order valence-electron chi connectivity index (χ1n) is 9.50. The van der Waals surface area contributed by atoms with Crippen LogP contribution in [0.3, 0.4) is 0 Å². The Balaban J connectivity index is 2.06. The molecule has 28 heavy (non-hydrogen) atoms. The van der Waals surface area contributed by atoms with Crippen molar-refractivity contribution in [3.05, 3.63) is 23.3 Å². The number of rotatable bonds is 7. The number of hydrogen-bond donors (Lipinski definition) is 3. The smallest absolute Gasteiger partial charge is 0.344 e. The molecule has 3 N–H and O–H groups in total. The monoisotopic (exact) mass is 397 g/mol. The molecule has 8 heteroatoms. The highest BCUT2D eigenvalue weighted by Crippen LogP contribution is 2.33. The van der Waals surface area contributed by atoms with Crippen LogP contribution in [0.5, 0.6) is 0 Å². The average Bonchev–Trinajstić information content (AvgIpc) is 3.20. The normalized spacial score (nSPS) is 26.3. The summed E-state index contributed by atoms with van der Waals surface area (Å²) in [7, 11) is 0. The van der Waals surface area contributed by atoms with Gasteiger partial charge < -0.3 is 24.8 Å². The Kier molecular flexibility index (Phi) is 6.70. The van der Waals surface area contributed by atoms with Gasteiger partial charge in [0, 0.05) is 18.7 Å². The van der Waals surface area contributed by atoms with Crippen LogP contribution in [0.2, 0.25) is 0 Å². The summed E-state index contributed by atoms with van der Waals surface area (Å²) < 4.78 is 10.9. The fourth-order valence-electron chi connectivity index (χ4n) is 3.66. The summed E-state index contributed by atoms with van der Waals surface area (Å²) in [5.41, 5.74) is -3.06. The molecule has 0 radical (unpaired) electrons. The summed E-state index contributed by atoms with van der Waals surface area (Å²) in [6, 6.07) is -0.191. The molecule has 0 amide bonds. The second-order valence-electron chi connectivity index (χ2n) is 8.00. The number of aliphatic hydroxyl groups is 3. The number of esters is 2. The summed E-state index contributed by atoms with van der Waals surface area (Å²) in [4.78, 5) is 26.7. The summed E-state index contributed by atoms with van der Waals surface area (Å²) in [6.45, 7) is 8.42. The number of allylic oxidation sites excluding steroid dienone is 1. The molecule has 0 saturated carbocycles. The van der Waals surface area contributed by atoms with Crippen LogP contribution in [0.4, 0.5) is 0 Å². The first kappa shape index (κ1) is 22.5. The second-order valence-corrected chi connectivity index (χ2v) is 8.00. The minimum atomic E-state index is -2.46. The largest absolute Gasteiger partial charge is 0.459 e. The van der Waals surface area contributed by atoms with Gasteiger partial charge in [0.25, 0.3) is 0 Å². The van der Waals surface area contributed by atoms with Crippen LogP contribution in [0, 0.1) is 0 Å². The first-order valence-corrected chi connectivity index (χ1v) is 9.50. The molecule has 2 aliphatic heterocycles. The molecule has 4 atom stereocenters. The van der Waals surface area contributed by atoms with Gasteiger partial charge in [-0.25, -0.2) is 9.59 Å². The Morgan fingerprint density at radius 2 is 2.04 bits per heavy atom. The Bertz CT molecular complexity index is 677. The van der Waals surface area contributed by atoms with Gasteiger partial charge in [0.1, 0.15) is 18.3 Å². The van der Waals surface area contributed by atoms with Gasteiger partial charge >= 0.3 is 11.9 Å². The van der Waals surface area contributed by atoms with Crippen molar-refractivity contribution in [3.8, 4) is 0 Å². The number of ether oxygens (including phenoxy) is 2. The van der Waals surface area contributed by atoms with Crippen molar-refractivity contribution in [3.63, 3.8) is 0 Å². The molecule has 2 rings (SSSR count). The van der Waals surface area contributed by atoms with Crippen molar-refractivity contribution >= 4 is 11.9 Å². The van der Waals surface area contributed by atoms with Gasteiger partial charge in [0.05, 0.1) is 12.1 Å². The lowest BCUT2D eigenvalue weighted by molar-refractivity contribution is -0.213. The van der Waals surface area contributed by atoms with Crippen LogP contribution in [0.1, 0.15) is 41.0 Å². The topological polar surface area (TPSA) is 117 Å². The van der Waals surface area contributed by atoms with Crippen molar-refractivity contribution < 1.29 is 34.4 Å². The third kappa shape index (κ3) is 4.15. The third-order valence-corrected chi connectivity index (χ3v) is 5.65. The highest BCUT2D eigenvalue weighted by molar-refractivity contribution is 5.87. The van der Waals surface area contributed by atoms with Crippen molar-refractivity contribution in [2.24, 2.45) is 0 Å². The van der Waals surface area contributed by atoms with Crippen molar-refractivity contribution in [2.45, 2.75) is 70.5 Å². The molecule has 0 aromatic carbocycles. The van der Waals surface area contributed by atoms with Crippen LogP contribution in [-0.4, -0.2) is 81.3 Å². The predicted molar refractivity (Wildman–Crippen MR) is 101 cm³/mol. The zero-order chi connectivity index (χ0) is 21.3.